The molecule has 0 aromatic heterocycles. The second-order valence-corrected chi connectivity index (χ2v) is 6.34. The average molecular weight is 268 g/mol. The Bertz CT molecular complexity index is 411. The molecule has 2 rings (SSSR count). The summed E-state index contributed by atoms with van der Waals surface area (Å²) in [4.78, 5) is 1.04. The summed E-state index contributed by atoms with van der Waals surface area (Å²) in [6, 6.07) is 3.36. The van der Waals surface area contributed by atoms with Crippen LogP contribution in [0.3, 0.4) is 0 Å². The Morgan fingerprint density at radius 3 is 2.67 bits per heavy atom. The van der Waals surface area contributed by atoms with Crippen LogP contribution >= 0.6 is 11.8 Å². The highest BCUT2D eigenvalue weighted by Gasteiger charge is 2.17. The number of aliphatic hydroxyl groups excluding tert-OH is 1. The molecule has 0 amide bonds. The molecule has 1 aromatic carbocycles. The number of hydrogen-bond donors (Lipinski definition) is 1. The van der Waals surface area contributed by atoms with E-state index in [1.807, 2.05) is 6.07 Å². The fourth-order valence-electron chi connectivity index (χ4n) is 2.51. The van der Waals surface area contributed by atoms with Gasteiger partial charge in [-0.05, 0) is 55.9 Å². The molecule has 1 aliphatic rings. The van der Waals surface area contributed by atoms with Crippen LogP contribution < -0.4 is 0 Å². The monoisotopic (exact) mass is 268 g/mol. The van der Waals surface area contributed by atoms with Gasteiger partial charge in [0.05, 0.1) is 6.10 Å². The molecule has 1 atom stereocenters. The Kier molecular flexibility index (Phi) is 4.68. The van der Waals surface area contributed by atoms with Gasteiger partial charge in [-0.2, -0.15) is 0 Å². The molecule has 1 fully saturated rings. The number of rotatable bonds is 4. The highest BCUT2D eigenvalue weighted by molar-refractivity contribution is 7.99. The van der Waals surface area contributed by atoms with Crippen molar-refractivity contribution in [3.63, 3.8) is 0 Å². The van der Waals surface area contributed by atoms with E-state index in [4.69, 9.17) is 0 Å². The molecule has 1 N–H and O–H groups in total. The minimum Gasteiger partial charge on any atom is -0.389 e. The average Bonchev–Trinajstić information content (AvgIpc) is 2.83. The minimum absolute atomic E-state index is 0.226. The van der Waals surface area contributed by atoms with Gasteiger partial charge < -0.3 is 5.11 Å². The maximum atomic E-state index is 13.5. The van der Waals surface area contributed by atoms with Crippen molar-refractivity contribution in [3.8, 4) is 0 Å². The Balaban J connectivity index is 2.12. The van der Waals surface area contributed by atoms with E-state index in [0.717, 1.165) is 22.1 Å². The van der Waals surface area contributed by atoms with Gasteiger partial charge in [0.15, 0.2) is 0 Å². The Labute approximate surface area is 113 Å². The van der Waals surface area contributed by atoms with Crippen molar-refractivity contribution < 1.29 is 9.50 Å². The van der Waals surface area contributed by atoms with Crippen molar-refractivity contribution in [1.82, 2.24) is 0 Å². The first-order valence-corrected chi connectivity index (χ1v) is 7.67. The molecule has 1 saturated carbocycles. The van der Waals surface area contributed by atoms with E-state index < -0.39 is 6.10 Å². The summed E-state index contributed by atoms with van der Waals surface area (Å²) < 4.78 is 13.5. The molecular formula is C15H21FOS. The molecule has 0 unspecified atom stereocenters. The molecule has 0 radical (unpaired) electrons. The van der Waals surface area contributed by atoms with E-state index in [1.165, 1.54) is 31.7 Å². The predicted molar refractivity (Wildman–Crippen MR) is 74.5 cm³/mol. The van der Waals surface area contributed by atoms with Crippen LogP contribution in [0.5, 0.6) is 0 Å². The van der Waals surface area contributed by atoms with Gasteiger partial charge in [0.1, 0.15) is 5.82 Å². The molecule has 0 aliphatic heterocycles. The molecule has 0 saturated heterocycles. The van der Waals surface area contributed by atoms with Gasteiger partial charge in [-0.1, -0.05) is 12.8 Å². The van der Waals surface area contributed by atoms with Crippen LogP contribution in [-0.4, -0.2) is 10.9 Å². The largest absolute Gasteiger partial charge is 0.389 e. The smallest absolute Gasteiger partial charge is 0.126 e. The van der Waals surface area contributed by atoms with Crippen LogP contribution in [0, 0.1) is 18.7 Å². The van der Waals surface area contributed by atoms with Crippen molar-refractivity contribution in [1.29, 1.82) is 0 Å². The molecule has 0 spiro atoms. The first-order chi connectivity index (χ1) is 8.58. The molecule has 0 heterocycles. The summed E-state index contributed by atoms with van der Waals surface area (Å²) in [5.41, 5.74) is 1.38. The van der Waals surface area contributed by atoms with Gasteiger partial charge in [-0.15, -0.1) is 11.8 Å². The second-order valence-electron chi connectivity index (χ2n) is 5.28. The maximum absolute atomic E-state index is 13.5. The summed E-state index contributed by atoms with van der Waals surface area (Å²) in [7, 11) is 0. The standard InChI is InChI=1S/C15H21FOS/c1-10-7-15(13(11(2)17)8-14(10)16)18-9-12-5-3-4-6-12/h7-8,11-12,17H,3-6,9H2,1-2H3/t11-/m1/s1. The lowest BCUT2D eigenvalue weighted by Gasteiger charge is -2.15. The highest BCUT2D eigenvalue weighted by Crippen LogP contribution is 2.35. The number of thioether (sulfide) groups is 1. The summed E-state index contributed by atoms with van der Waals surface area (Å²) in [5.74, 6) is 1.66. The maximum Gasteiger partial charge on any atom is 0.126 e. The summed E-state index contributed by atoms with van der Waals surface area (Å²) in [6.45, 7) is 3.48. The normalized spacial score (nSPS) is 18.2. The van der Waals surface area contributed by atoms with Crippen molar-refractivity contribution >= 4 is 11.8 Å². The van der Waals surface area contributed by atoms with Gasteiger partial charge in [0.2, 0.25) is 0 Å². The quantitative estimate of drug-likeness (QED) is 0.813. The van der Waals surface area contributed by atoms with Crippen LogP contribution in [0.25, 0.3) is 0 Å². The Morgan fingerprint density at radius 1 is 1.39 bits per heavy atom. The van der Waals surface area contributed by atoms with Crippen molar-refractivity contribution in [3.05, 3.63) is 29.1 Å². The molecular weight excluding hydrogens is 247 g/mol. The highest BCUT2D eigenvalue weighted by atomic mass is 32.2. The molecule has 1 nitrogen and oxygen atoms in total. The third-order valence-electron chi connectivity index (χ3n) is 3.69. The second kappa shape index (κ2) is 6.07. The van der Waals surface area contributed by atoms with Crippen LogP contribution in [0.15, 0.2) is 17.0 Å². The Hall–Kier alpha value is -0.540. The fourth-order valence-corrected chi connectivity index (χ4v) is 3.91. The van der Waals surface area contributed by atoms with E-state index in [0.29, 0.717) is 5.56 Å². The van der Waals surface area contributed by atoms with Crippen molar-refractivity contribution in [2.24, 2.45) is 5.92 Å². The lowest BCUT2D eigenvalue weighted by atomic mass is 10.1. The molecule has 18 heavy (non-hydrogen) atoms. The zero-order valence-corrected chi connectivity index (χ0v) is 11.9. The topological polar surface area (TPSA) is 20.2 Å². The van der Waals surface area contributed by atoms with Crippen LogP contribution in [-0.2, 0) is 0 Å². The first kappa shape index (κ1) is 13.9. The van der Waals surface area contributed by atoms with Gasteiger partial charge in [-0.3, -0.25) is 0 Å². The lowest BCUT2D eigenvalue weighted by Crippen LogP contribution is -2.01. The van der Waals surface area contributed by atoms with Crippen LogP contribution in [0.2, 0.25) is 0 Å². The van der Waals surface area contributed by atoms with Gasteiger partial charge in [-0.25, -0.2) is 4.39 Å². The minimum atomic E-state index is -0.605. The van der Waals surface area contributed by atoms with E-state index >= 15 is 0 Å². The molecule has 0 bridgehead atoms. The van der Waals surface area contributed by atoms with Crippen LogP contribution in [0.1, 0.15) is 49.8 Å². The van der Waals surface area contributed by atoms with E-state index in [9.17, 15) is 9.50 Å². The van der Waals surface area contributed by atoms with E-state index in [2.05, 4.69) is 0 Å². The molecule has 1 aromatic rings. The Morgan fingerprint density at radius 2 is 2.06 bits per heavy atom. The molecule has 3 heteroatoms. The predicted octanol–water partition coefficient (Wildman–Crippen LogP) is 4.47. The summed E-state index contributed by atoms with van der Waals surface area (Å²) in [5, 5.41) is 9.73. The van der Waals surface area contributed by atoms with E-state index in [1.54, 1.807) is 25.6 Å². The van der Waals surface area contributed by atoms with E-state index in [-0.39, 0.29) is 5.82 Å². The van der Waals surface area contributed by atoms with Gasteiger partial charge in [0, 0.05) is 10.6 Å². The van der Waals surface area contributed by atoms with Gasteiger partial charge in [0.25, 0.3) is 0 Å². The summed E-state index contributed by atoms with van der Waals surface area (Å²) >= 11 is 1.77. The number of aliphatic hydroxyl groups is 1. The lowest BCUT2D eigenvalue weighted by molar-refractivity contribution is 0.196. The zero-order valence-electron chi connectivity index (χ0n) is 11.1. The van der Waals surface area contributed by atoms with Gasteiger partial charge >= 0.3 is 0 Å². The number of benzene rings is 1. The molecule has 1 aliphatic carbocycles. The first-order valence-electron chi connectivity index (χ1n) is 6.69. The molecule has 100 valence electrons. The van der Waals surface area contributed by atoms with Crippen molar-refractivity contribution in [2.75, 3.05) is 5.75 Å². The van der Waals surface area contributed by atoms with Crippen LogP contribution in [0.4, 0.5) is 4.39 Å². The fraction of sp³-hybridized carbons (Fsp3) is 0.600. The van der Waals surface area contributed by atoms with Crippen molar-refractivity contribution in [2.45, 2.75) is 50.5 Å². The third-order valence-corrected chi connectivity index (χ3v) is 4.99. The number of aryl methyl sites for hydroxylation is 1. The third kappa shape index (κ3) is 3.27. The summed E-state index contributed by atoms with van der Waals surface area (Å²) in [6.07, 6.45) is 4.72. The zero-order chi connectivity index (χ0) is 13.1. The SMILES string of the molecule is Cc1cc(SCC2CCCC2)c([C@@H](C)O)cc1F. The number of halogens is 1. The number of hydrogen-bond acceptors (Lipinski definition) is 2.